The molecule has 6 heteroatoms. The lowest BCUT2D eigenvalue weighted by atomic mass is 10.2. The minimum Gasteiger partial charge on any atom is -0.480 e. The first-order valence-corrected chi connectivity index (χ1v) is 6.50. The number of anilines is 1. The normalized spacial score (nSPS) is 18.1. The Morgan fingerprint density at radius 2 is 2.20 bits per heavy atom. The highest BCUT2D eigenvalue weighted by Gasteiger charge is 2.34. The predicted molar refractivity (Wildman–Crippen MR) is 73.5 cm³/mol. The molecule has 0 aliphatic carbocycles. The van der Waals surface area contributed by atoms with Crippen molar-refractivity contribution in [2.45, 2.75) is 25.5 Å². The van der Waals surface area contributed by atoms with E-state index in [2.05, 4.69) is 5.32 Å². The number of urea groups is 1. The Hall–Kier alpha value is -2.08. The maximum absolute atomic E-state index is 12.2. The van der Waals surface area contributed by atoms with Gasteiger partial charge in [0.1, 0.15) is 6.04 Å². The van der Waals surface area contributed by atoms with Crippen molar-refractivity contribution in [3.05, 3.63) is 29.8 Å². The quantitative estimate of drug-likeness (QED) is 0.881. The lowest BCUT2D eigenvalue weighted by Crippen LogP contribution is -2.42. The van der Waals surface area contributed by atoms with E-state index in [1.165, 1.54) is 4.90 Å². The standard InChI is InChI=1S/C14H18N2O4/c1-20-9-10-5-2-3-6-11(10)15-14(19)16-8-4-7-12(16)13(17)18/h2-3,5-6,12H,4,7-9H2,1H3,(H,15,19)(H,17,18)/t12-/m0/s1. The number of nitrogens with zero attached hydrogens (tertiary/aromatic N) is 1. The van der Waals surface area contributed by atoms with Crippen molar-refractivity contribution < 1.29 is 19.4 Å². The van der Waals surface area contributed by atoms with Gasteiger partial charge in [-0.3, -0.25) is 0 Å². The van der Waals surface area contributed by atoms with Crippen LogP contribution in [0.1, 0.15) is 18.4 Å². The first kappa shape index (κ1) is 14.3. The van der Waals surface area contributed by atoms with Crippen LogP contribution in [0, 0.1) is 0 Å². The van der Waals surface area contributed by atoms with E-state index in [1.807, 2.05) is 18.2 Å². The van der Waals surface area contributed by atoms with Gasteiger partial charge < -0.3 is 20.1 Å². The third kappa shape index (κ3) is 3.08. The zero-order valence-electron chi connectivity index (χ0n) is 11.3. The number of aliphatic carboxylic acids is 1. The number of methoxy groups -OCH3 is 1. The van der Waals surface area contributed by atoms with Gasteiger partial charge in [0.15, 0.2) is 0 Å². The van der Waals surface area contributed by atoms with Crippen molar-refractivity contribution in [3.63, 3.8) is 0 Å². The zero-order valence-corrected chi connectivity index (χ0v) is 11.3. The van der Waals surface area contributed by atoms with Gasteiger partial charge in [-0.25, -0.2) is 9.59 Å². The van der Waals surface area contributed by atoms with E-state index in [0.717, 1.165) is 5.56 Å². The molecule has 0 unspecified atom stereocenters. The number of likely N-dealkylation sites (tertiary alicyclic amines) is 1. The number of carboxylic acid groups (broad SMARTS) is 1. The lowest BCUT2D eigenvalue weighted by molar-refractivity contribution is -0.141. The molecular weight excluding hydrogens is 260 g/mol. The van der Waals surface area contributed by atoms with Crippen LogP contribution < -0.4 is 5.32 Å². The molecule has 2 N–H and O–H groups in total. The summed E-state index contributed by atoms with van der Waals surface area (Å²) < 4.78 is 5.08. The lowest BCUT2D eigenvalue weighted by Gasteiger charge is -2.22. The number of hydrogen-bond donors (Lipinski definition) is 2. The fourth-order valence-corrected chi connectivity index (χ4v) is 2.38. The van der Waals surface area contributed by atoms with E-state index in [1.54, 1.807) is 13.2 Å². The van der Waals surface area contributed by atoms with Crippen molar-refractivity contribution in [1.29, 1.82) is 0 Å². The molecule has 0 spiro atoms. The third-order valence-corrected chi connectivity index (χ3v) is 3.36. The summed E-state index contributed by atoms with van der Waals surface area (Å²) in [5.74, 6) is -0.956. The second-order valence-corrected chi connectivity index (χ2v) is 4.71. The van der Waals surface area contributed by atoms with Gasteiger partial charge in [0.05, 0.1) is 6.61 Å². The van der Waals surface area contributed by atoms with Crippen LogP contribution in [0.5, 0.6) is 0 Å². The Morgan fingerprint density at radius 1 is 1.45 bits per heavy atom. The number of ether oxygens (including phenoxy) is 1. The molecule has 1 fully saturated rings. The summed E-state index contributed by atoms with van der Waals surface area (Å²) in [6.45, 7) is 0.855. The molecule has 0 bridgehead atoms. The first-order chi connectivity index (χ1) is 9.63. The maximum atomic E-state index is 12.2. The van der Waals surface area contributed by atoms with Gasteiger partial charge in [-0.05, 0) is 18.9 Å². The van der Waals surface area contributed by atoms with E-state index in [-0.39, 0.29) is 6.03 Å². The summed E-state index contributed by atoms with van der Waals surface area (Å²) in [5.41, 5.74) is 1.50. The Bertz CT molecular complexity index is 504. The molecule has 0 radical (unpaired) electrons. The second-order valence-electron chi connectivity index (χ2n) is 4.71. The molecule has 108 valence electrons. The fraction of sp³-hybridized carbons (Fsp3) is 0.429. The Morgan fingerprint density at radius 3 is 2.90 bits per heavy atom. The van der Waals surface area contributed by atoms with Crippen LogP contribution in [0.25, 0.3) is 0 Å². The average molecular weight is 278 g/mol. The molecule has 1 aromatic rings. The Kier molecular flexibility index (Phi) is 4.57. The smallest absolute Gasteiger partial charge is 0.326 e. The van der Waals surface area contributed by atoms with Gasteiger partial charge in [-0.15, -0.1) is 0 Å². The minimum absolute atomic E-state index is 0.376. The van der Waals surface area contributed by atoms with Crippen LogP contribution in [0.2, 0.25) is 0 Å². The highest BCUT2D eigenvalue weighted by atomic mass is 16.5. The van der Waals surface area contributed by atoms with Gasteiger partial charge in [0.2, 0.25) is 0 Å². The summed E-state index contributed by atoms with van der Waals surface area (Å²) in [4.78, 5) is 24.7. The van der Waals surface area contributed by atoms with E-state index >= 15 is 0 Å². The average Bonchev–Trinajstić information content (AvgIpc) is 2.91. The molecule has 20 heavy (non-hydrogen) atoms. The van der Waals surface area contributed by atoms with Gasteiger partial charge in [-0.1, -0.05) is 18.2 Å². The molecule has 1 heterocycles. The molecule has 0 aromatic heterocycles. The molecule has 2 rings (SSSR count). The summed E-state index contributed by atoms with van der Waals surface area (Å²) >= 11 is 0. The van der Waals surface area contributed by atoms with Crippen LogP contribution in [-0.2, 0) is 16.1 Å². The van der Waals surface area contributed by atoms with Gasteiger partial charge in [0.25, 0.3) is 0 Å². The second kappa shape index (κ2) is 6.38. The molecule has 1 saturated heterocycles. The highest BCUT2D eigenvalue weighted by molar-refractivity contribution is 5.93. The SMILES string of the molecule is COCc1ccccc1NC(=O)N1CCC[C@H]1C(=O)O. The van der Waals surface area contributed by atoms with Crippen LogP contribution >= 0.6 is 0 Å². The largest absolute Gasteiger partial charge is 0.480 e. The summed E-state index contributed by atoms with van der Waals surface area (Å²) in [6, 6.07) is 6.20. The molecule has 1 aromatic carbocycles. The maximum Gasteiger partial charge on any atom is 0.326 e. The molecule has 0 saturated carbocycles. The van der Waals surface area contributed by atoms with Crippen molar-refractivity contribution in [3.8, 4) is 0 Å². The van der Waals surface area contributed by atoms with Crippen LogP contribution in [0.3, 0.4) is 0 Å². The topological polar surface area (TPSA) is 78.9 Å². The Labute approximate surface area is 117 Å². The van der Waals surface area contributed by atoms with Crippen molar-refractivity contribution in [1.82, 2.24) is 4.90 Å². The summed E-state index contributed by atoms with van der Waals surface area (Å²) in [6.07, 6.45) is 1.21. The number of hydrogen-bond acceptors (Lipinski definition) is 3. The van der Waals surface area contributed by atoms with E-state index < -0.39 is 12.0 Å². The van der Waals surface area contributed by atoms with Gasteiger partial charge in [0, 0.05) is 24.9 Å². The number of benzene rings is 1. The number of amides is 2. The van der Waals surface area contributed by atoms with Crippen LogP contribution in [0.15, 0.2) is 24.3 Å². The van der Waals surface area contributed by atoms with Crippen molar-refractivity contribution in [2.75, 3.05) is 19.0 Å². The number of carbonyl (C=O) groups excluding carboxylic acids is 1. The van der Waals surface area contributed by atoms with Crippen LogP contribution in [-0.4, -0.2) is 41.7 Å². The fourth-order valence-electron chi connectivity index (χ4n) is 2.38. The highest BCUT2D eigenvalue weighted by Crippen LogP contribution is 2.21. The Balaban J connectivity index is 2.10. The van der Waals surface area contributed by atoms with E-state index in [0.29, 0.717) is 31.7 Å². The first-order valence-electron chi connectivity index (χ1n) is 6.50. The predicted octanol–water partition coefficient (Wildman–Crippen LogP) is 1.91. The molecular formula is C14H18N2O4. The number of carbonyl (C=O) groups is 2. The van der Waals surface area contributed by atoms with Gasteiger partial charge in [-0.2, -0.15) is 0 Å². The number of rotatable bonds is 4. The molecule has 1 aliphatic rings. The molecule has 1 aliphatic heterocycles. The van der Waals surface area contributed by atoms with E-state index in [4.69, 9.17) is 9.84 Å². The number of para-hydroxylation sites is 1. The van der Waals surface area contributed by atoms with E-state index in [9.17, 15) is 9.59 Å². The minimum atomic E-state index is -0.956. The number of carboxylic acids is 1. The monoisotopic (exact) mass is 278 g/mol. The molecule has 2 amide bonds. The summed E-state index contributed by atoms with van der Waals surface area (Å²) in [5, 5.41) is 11.9. The van der Waals surface area contributed by atoms with Gasteiger partial charge >= 0.3 is 12.0 Å². The van der Waals surface area contributed by atoms with Crippen molar-refractivity contribution in [2.24, 2.45) is 0 Å². The molecule has 6 nitrogen and oxygen atoms in total. The summed E-state index contributed by atoms with van der Waals surface area (Å²) in [7, 11) is 1.58. The third-order valence-electron chi connectivity index (χ3n) is 3.36. The molecule has 1 atom stereocenters. The zero-order chi connectivity index (χ0) is 14.5. The van der Waals surface area contributed by atoms with Crippen molar-refractivity contribution >= 4 is 17.7 Å². The van der Waals surface area contributed by atoms with Crippen LogP contribution in [0.4, 0.5) is 10.5 Å². The number of nitrogens with one attached hydrogen (secondary N) is 1.